The van der Waals surface area contributed by atoms with Crippen molar-refractivity contribution in [3.05, 3.63) is 71.9 Å². The molecule has 1 amide bonds. The van der Waals surface area contributed by atoms with E-state index in [9.17, 15) is 9.18 Å². The van der Waals surface area contributed by atoms with Crippen molar-refractivity contribution in [1.29, 1.82) is 0 Å². The fourth-order valence-electron chi connectivity index (χ4n) is 3.69. The van der Waals surface area contributed by atoms with Gasteiger partial charge in [0.1, 0.15) is 11.9 Å². The smallest absolute Gasteiger partial charge is 0.409 e. The third-order valence-electron chi connectivity index (χ3n) is 5.33. The maximum absolute atomic E-state index is 13.5. The molecule has 7 nitrogen and oxygen atoms in total. The van der Waals surface area contributed by atoms with Gasteiger partial charge in [0, 0.05) is 24.7 Å². The number of hydrogen-bond acceptors (Lipinski definition) is 6. The first-order chi connectivity index (χ1) is 15.1. The van der Waals surface area contributed by atoms with Crippen LogP contribution in [0, 0.1) is 5.82 Å². The lowest BCUT2D eigenvalue weighted by Crippen LogP contribution is -2.46. The fraction of sp³-hybridized carbons (Fsp3) is 0.348. The van der Waals surface area contributed by atoms with Crippen molar-refractivity contribution >= 4 is 6.09 Å². The molecule has 31 heavy (non-hydrogen) atoms. The molecule has 4 rings (SSSR count). The molecule has 1 atom stereocenters. The first kappa shape index (κ1) is 21.0. The van der Waals surface area contributed by atoms with Crippen molar-refractivity contribution in [1.82, 2.24) is 20.4 Å². The number of nitrogens with zero attached hydrogens (tertiary/aromatic N) is 3. The van der Waals surface area contributed by atoms with Gasteiger partial charge in [0.2, 0.25) is 11.8 Å². The number of benzene rings is 2. The van der Waals surface area contributed by atoms with Gasteiger partial charge in [-0.25, -0.2) is 9.18 Å². The van der Waals surface area contributed by atoms with E-state index in [4.69, 9.17) is 9.15 Å². The monoisotopic (exact) mass is 424 g/mol. The van der Waals surface area contributed by atoms with Crippen LogP contribution in [-0.2, 0) is 4.74 Å². The van der Waals surface area contributed by atoms with E-state index in [1.54, 1.807) is 24.0 Å². The minimum Gasteiger partial charge on any atom is -0.450 e. The minimum atomic E-state index is -0.385. The zero-order chi connectivity index (χ0) is 21.6. The van der Waals surface area contributed by atoms with E-state index in [0.29, 0.717) is 31.5 Å². The normalized spacial score (nSPS) is 15.6. The van der Waals surface area contributed by atoms with E-state index in [2.05, 4.69) is 15.5 Å². The van der Waals surface area contributed by atoms with Crippen LogP contribution in [0.1, 0.15) is 37.3 Å². The zero-order valence-electron chi connectivity index (χ0n) is 17.3. The van der Waals surface area contributed by atoms with Gasteiger partial charge < -0.3 is 14.1 Å². The summed E-state index contributed by atoms with van der Waals surface area (Å²) >= 11 is 0. The standard InChI is InChI=1S/C23H25FN4O3/c1-2-30-23(29)28-14-12-19(13-15-28)25-20(16-8-10-18(24)11-9-16)22-27-26-21(31-22)17-6-4-3-5-7-17/h3-11,19-20,25H,2,12-15H2,1H3/t20-/m1/s1. The first-order valence-electron chi connectivity index (χ1n) is 10.5. The lowest BCUT2D eigenvalue weighted by atomic mass is 10.0. The van der Waals surface area contributed by atoms with Crippen molar-refractivity contribution in [2.45, 2.75) is 31.8 Å². The number of carbonyl (C=O) groups excluding carboxylic acids is 1. The van der Waals surface area contributed by atoms with E-state index in [1.165, 1.54) is 12.1 Å². The molecule has 1 aliphatic heterocycles. The predicted octanol–water partition coefficient (Wildman–Crippen LogP) is 4.18. The molecular formula is C23H25FN4O3. The molecule has 162 valence electrons. The van der Waals surface area contributed by atoms with Crippen LogP contribution >= 0.6 is 0 Å². The number of nitrogens with one attached hydrogen (secondary N) is 1. The van der Waals surface area contributed by atoms with Gasteiger partial charge >= 0.3 is 6.09 Å². The van der Waals surface area contributed by atoms with Crippen molar-refractivity contribution in [3.63, 3.8) is 0 Å². The number of carbonyl (C=O) groups is 1. The van der Waals surface area contributed by atoms with Crippen LogP contribution in [0.15, 0.2) is 59.0 Å². The van der Waals surface area contributed by atoms with Crippen LogP contribution in [0.4, 0.5) is 9.18 Å². The second-order valence-corrected chi connectivity index (χ2v) is 7.42. The summed E-state index contributed by atoms with van der Waals surface area (Å²) in [5.41, 5.74) is 1.67. The van der Waals surface area contributed by atoms with E-state index >= 15 is 0 Å². The predicted molar refractivity (Wildman–Crippen MR) is 113 cm³/mol. The maximum Gasteiger partial charge on any atom is 0.409 e. The molecule has 1 aliphatic rings. The number of hydrogen-bond donors (Lipinski definition) is 1. The van der Waals surface area contributed by atoms with Gasteiger partial charge in [-0.15, -0.1) is 10.2 Å². The van der Waals surface area contributed by atoms with Gasteiger partial charge in [-0.2, -0.15) is 0 Å². The summed E-state index contributed by atoms with van der Waals surface area (Å²) in [6, 6.07) is 15.6. The molecule has 0 aliphatic carbocycles. The van der Waals surface area contributed by atoms with Gasteiger partial charge in [0.15, 0.2) is 0 Å². The Morgan fingerprint density at radius 3 is 2.55 bits per heavy atom. The van der Waals surface area contributed by atoms with E-state index in [-0.39, 0.29) is 24.0 Å². The number of amides is 1. The molecule has 0 saturated carbocycles. The average Bonchev–Trinajstić information content (AvgIpc) is 3.29. The summed E-state index contributed by atoms with van der Waals surface area (Å²) in [4.78, 5) is 13.7. The Kier molecular flexibility index (Phi) is 6.57. The highest BCUT2D eigenvalue weighted by Crippen LogP contribution is 2.27. The second-order valence-electron chi connectivity index (χ2n) is 7.42. The molecule has 0 bridgehead atoms. The average molecular weight is 424 g/mol. The van der Waals surface area contributed by atoms with Crippen LogP contribution in [0.2, 0.25) is 0 Å². The Hall–Kier alpha value is -3.26. The van der Waals surface area contributed by atoms with Crippen LogP contribution in [0.5, 0.6) is 0 Å². The number of likely N-dealkylation sites (tertiary alicyclic amines) is 1. The van der Waals surface area contributed by atoms with E-state index in [1.807, 2.05) is 30.3 Å². The van der Waals surface area contributed by atoms with Gasteiger partial charge in [-0.05, 0) is 49.6 Å². The molecule has 1 N–H and O–H groups in total. The van der Waals surface area contributed by atoms with Crippen LogP contribution in [-0.4, -0.2) is 46.9 Å². The minimum absolute atomic E-state index is 0.132. The lowest BCUT2D eigenvalue weighted by molar-refractivity contribution is 0.0942. The zero-order valence-corrected chi connectivity index (χ0v) is 17.3. The first-order valence-corrected chi connectivity index (χ1v) is 10.5. The summed E-state index contributed by atoms with van der Waals surface area (Å²) in [5.74, 6) is 0.542. The molecule has 2 heterocycles. The van der Waals surface area contributed by atoms with Crippen molar-refractivity contribution in [3.8, 4) is 11.5 Å². The highest BCUT2D eigenvalue weighted by molar-refractivity contribution is 5.67. The number of piperidine rings is 1. The number of ether oxygens (including phenoxy) is 1. The van der Waals surface area contributed by atoms with Gasteiger partial charge in [-0.3, -0.25) is 5.32 Å². The highest BCUT2D eigenvalue weighted by atomic mass is 19.1. The lowest BCUT2D eigenvalue weighted by Gasteiger charge is -2.33. The van der Waals surface area contributed by atoms with Crippen molar-refractivity contribution in [2.75, 3.05) is 19.7 Å². The van der Waals surface area contributed by atoms with Crippen molar-refractivity contribution < 1.29 is 18.3 Å². The summed E-state index contributed by atoms with van der Waals surface area (Å²) in [6.45, 7) is 3.37. The molecule has 0 spiro atoms. The van der Waals surface area contributed by atoms with Crippen LogP contribution < -0.4 is 5.32 Å². The molecule has 1 aromatic heterocycles. The summed E-state index contributed by atoms with van der Waals surface area (Å²) < 4.78 is 24.6. The number of halogens is 1. The Labute approximate surface area is 180 Å². The maximum atomic E-state index is 13.5. The summed E-state index contributed by atoms with van der Waals surface area (Å²) in [5, 5.41) is 12.0. The summed E-state index contributed by atoms with van der Waals surface area (Å²) in [7, 11) is 0. The molecular weight excluding hydrogens is 399 g/mol. The Balaban J connectivity index is 1.52. The van der Waals surface area contributed by atoms with Gasteiger partial charge in [-0.1, -0.05) is 30.3 Å². The molecule has 2 aromatic carbocycles. The topological polar surface area (TPSA) is 80.5 Å². The quantitative estimate of drug-likeness (QED) is 0.640. The fourth-order valence-corrected chi connectivity index (χ4v) is 3.69. The number of aromatic nitrogens is 2. The Morgan fingerprint density at radius 2 is 1.87 bits per heavy atom. The van der Waals surface area contributed by atoms with Gasteiger partial charge in [0.25, 0.3) is 0 Å². The molecule has 8 heteroatoms. The van der Waals surface area contributed by atoms with E-state index in [0.717, 1.165) is 24.0 Å². The Bertz CT molecular complexity index is 986. The van der Waals surface area contributed by atoms with E-state index < -0.39 is 0 Å². The molecule has 1 fully saturated rings. The third kappa shape index (κ3) is 5.08. The molecule has 0 radical (unpaired) electrons. The van der Waals surface area contributed by atoms with Gasteiger partial charge in [0.05, 0.1) is 6.61 Å². The second kappa shape index (κ2) is 9.70. The molecule has 3 aromatic rings. The van der Waals surface area contributed by atoms with Crippen LogP contribution in [0.25, 0.3) is 11.5 Å². The third-order valence-corrected chi connectivity index (χ3v) is 5.33. The molecule has 0 unspecified atom stereocenters. The summed E-state index contributed by atoms with van der Waals surface area (Å²) in [6.07, 6.45) is 1.24. The Morgan fingerprint density at radius 1 is 1.16 bits per heavy atom. The van der Waals surface area contributed by atoms with Crippen molar-refractivity contribution in [2.24, 2.45) is 0 Å². The largest absolute Gasteiger partial charge is 0.450 e. The highest BCUT2D eigenvalue weighted by Gasteiger charge is 2.28. The van der Waals surface area contributed by atoms with Crippen LogP contribution in [0.3, 0.4) is 0 Å². The molecule has 1 saturated heterocycles. The SMILES string of the molecule is CCOC(=O)N1CCC(N[C@H](c2ccc(F)cc2)c2nnc(-c3ccccc3)o2)CC1. The number of rotatable bonds is 6.